The average molecular weight is 436 g/mol. The average Bonchev–Trinajstić information content (AvgIpc) is 3.02. The van der Waals surface area contributed by atoms with Gasteiger partial charge in [-0.25, -0.2) is 14.0 Å². The van der Waals surface area contributed by atoms with Gasteiger partial charge in [-0.3, -0.25) is 4.79 Å². The minimum Gasteiger partial charge on any atom is -0.462 e. The van der Waals surface area contributed by atoms with Crippen molar-refractivity contribution >= 4 is 56.6 Å². The van der Waals surface area contributed by atoms with Crippen LogP contribution >= 0.6 is 22.9 Å². The van der Waals surface area contributed by atoms with E-state index in [2.05, 4.69) is 5.32 Å². The first-order chi connectivity index (χ1) is 13.9. The van der Waals surface area contributed by atoms with E-state index in [0.29, 0.717) is 10.1 Å². The summed E-state index contributed by atoms with van der Waals surface area (Å²) in [5.74, 6) is -2.47. The molecule has 0 saturated heterocycles. The number of anilines is 1. The lowest BCUT2D eigenvalue weighted by molar-refractivity contribution is -0.119. The van der Waals surface area contributed by atoms with E-state index in [1.54, 1.807) is 19.1 Å². The highest BCUT2D eigenvalue weighted by molar-refractivity contribution is 7.21. The minimum atomic E-state index is -0.801. The lowest BCUT2D eigenvalue weighted by Crippen LogP contribution is -2.22. The number of esters is 2. The van der Waals surface area contributed by atoms with Crippen molar-refractivity contribution in [3.05, 3.63) is 63.7 Å². The highest BCUT2D eigenvalue weighted by Crippen LogP contribution is 2.36. The molecule has 0 aliphatic carbocycles. The molecule has 0 saturated carbocycles. The molecule has 2 aromatic carbocycles. The number of fused-ring (bicyclic) bond motifs is 1. The second kappa shape index (κ2) is 9.02. The molecule has 0 aliphatic heterocycles. The number of carbonyl (C=O) groups is 3. The van der Waals surface area contributed by atoms with E-state index < -0.39 is 30.3 Å². The molecule has 0 fully saturated rings. The van der Waals surface area contributed by atoms with Gasteiger partial charge in [-0.1, -0.05) is 23.7 Å². The van der Waals surface area contributed by atoms with E-state index in [-0.39, 0.29) is 27.8 Å². The van der Waals surface area contributed by atoms with E-state index in [1.807, 2.05) is 0 Å². The number of amides is 1. The Labute approximate surface area is 174 Å². The van der Waals surface area contributed by atoms with E-state index in [1.165, 1.54) is 30.3 Å². The molecule has 0 bridgehead atoms. The zero-order valence-corrected chi connectivity index (χ0v) is 16.7. The zero-order valence-electron chi connectivity index (χ0n) is 15.2. The Kier molecular flexibility index (Phi) is 6.46. The molecule has 1 aromatic heterocycles. The van der Waals surface area contributed by atoms with Crippen LogP contribution in [0.25, 0.3) is 10.1 Å². The summed E-state index contributed by atoms with van der Waals surface area (Å²) in [5.41, 5.74) is 0.422. The van der Waals surface area contributed by atoms with Crippen LogP contribution in [-0.2, 0) is 14.3 Å². The molecule has 3 aromatic rings. The summed E-state index contributed by atoms with van der Waals surface area (Å²) in [5, 5.41) is 3.18. The molecular formula is C20H15ClFNO5S. The lowest BCUT2D eigenvalue weighted by Gasteiger charge is -2.10. The van der Waals surface area contributed by atoms with Crippen LogP contribution in [0.5, 0.6) is 0 Å². The highest BCUT2D eigenvalue weighted by atomic mass is 35.5. The van der Waals surface area contributed by atoms with Crippen LogP contribution in [0.2, 0.25) is 5.02 Å². The Hall–Kier alpha value is -2.97. The number of benzene rings is 2. The van der Waals surface area contributed by atoms with Crippen LogP contribution in [0.4, 0.5) is 10.1 Å². The van der Waals surface area contributed by atoms with E-state index in [4.69, 9.17) is 21.1 Å². The maximum absolute atomic E-state index is 13.3. The lowest BCUT2D eigenvalue weighted by atomic mass is 10.2. The maximum Gasteiger partial charge on any atom is 0.350 e. The Balaban J connectivity index is 1.67. The molecule has 9 heteroatoms. The molecule has 6 nitrogen and oxygen atoms in total. The predicted octanol–water partition coefficient (Wildman–Crippen LogP) is 4.67. The van der Waals surface area contributed by atoms with Crippen molar-refractivity contribution in [2.24, 2.45) is 0 Å². The van der Waals surface area contributed by atoms with E-state index >= 15 is 0 Å². The number of hydrogen-bond acceptors (Lipinski definition) is 6. The second-order valence-electron chi connectivity index (χ2n) is 5.78. The fourth-order valence-corrected chi connectivity index (χ4v) is 3.96. The van der Waals surface area contributed by atoms with Crippen molar-refractivity contribution < 1.29 is 28.2 Å². The van der Waals surface area contributed by atoms with Crippen molar-refractivity contribution in [3.8, 4) is 0 Å². The minimum absolute atomic E-state index is 0.0759. The molecule has 3 rings (SSSR count). The zero-order chi connectivity index (χ0) is 21.0. The summed E-state index contributed by atoms with van der Waals surface area (Å²) < 4.78 is 23.8. The Morgan fingerprint density at radius 2 is 1.86 bits per heavy atom. The molecule has 0 unspecified atom stereocenters. The van der Waals surface area contributed by atoms with Gasteiger partial charge in [0.2, 0.25) is 0 Å². The molecule has 1 amide bonds. The number of nitrogens with one attached hydrogen (secondary N) is 1. The fraction of sp³-hybridized carbons (Fsp3) is 0.150. The van der Waals surface area contributed by atoms with Crippen LogP contribution in [0.3, 0.4) is 0 Å². The third kappa shape index (κ3) is 4.72. The van der Waals surface area contributed by atoms with Crippen molar-refractivity contribution in [2.45, 2.75) is 6.92 Å². The predicted molar refractivity (Wildman–Crippen MR) is 108 cm³/mol. The number of hydrogen-bond donors (Lipinski definition) is 1. The van der Waals surface area contributed by atoms with Gasteiger partial charge in [0.25, 0.3) is 5.91 Å². The monoisotopic (exact) mass is 435 g/mol. The molecule has 1 heterocycles. The first-order valence-electron chi connectivity index (χ1n) is 8.51. The van der Waals surface area contributed by atoms with Gasteiger partial charge in [-0.05, 0) is 37.3 Å². The van der Waals surface area contributed by atoms with Crippen LogP contribution in [0.1, 0.15) is 27.0 Å². The number of carbonyl (C=O) groups excluding carboxylic acids is 3. The van der Waals surface area contributed by atoms with Gasteiger partial charge in [0.1, 0.15) is 10.7 Å². The summed E-state index contributed by atoms with van der Waals surface area (Å²) >= 11 is 7.14. The number of halogens is 2. The summed E-state index contributed by atoms with van der Waals surface area (Å²) in [4.78, 5) is 36.5. The number of ether oxygens (including phenoxy) is 2. The van der Waals surface area contributed by atoms with Gasteiger partial charge in [0, 0.05) is 10.1 Å². The largest absolute Gasteiger partial charge is 0.462 e. The van der Waals surface area contributed by atoms with Crippen LogP contribution in [0.15, 0.2) is 42.5 Å². The van der Waals surface area contributed by atoms with Crippen molar-refractivity contribution in [1.29, 1.82) is 0 Å². The first kappa shape index (κ1) is 20.8. The smallest absolute Gasteiger partial charge is 0.350 e. The number of thiophene rings is 1. The van der Waals surface area contributed by atoms with Crippen LogP contribution in [-0.4, -0.2) is 31.1 Å². The van der Waals surface area contributed by atoms with Crippen molar-refractivity contribution in [2.75, 3.05) is 18.5 Å². The fourth-order valence-electron chi connectivity index (χ4n) is 2.53. The first-order valence-corrected chi connectivity index (χ1v) is 9.70. The molecular weight excluding hydrogens is 421 g/mol. The summed E-state index contributed by atoms with van der Waals surface area (Å²) in [6.45, 7) is 1.28. The van der Waals surface area contributed by atoms with Gasteiger partial charge in [-0.2, -0.15) is 0 Å². The topological polar surface area (TPSA) is 81.7 Å². The van der Waals surface area contributed by atoms with Crippen molar-refractivity contribution in [3.63, 3.8) is 0 Å². The van der Waals surface area contributed by atoms with Gasteiger partial charge in [-0.15, -0.1) is 11.3 Å². The Bertz CT molecular complexity index is 1100. The van der Waals surface area contributed by atoms with E-state index in [9.17, 15) is 18.8 Å². The highest BCUT2D eigenvalue weighted by Gasteiger charge is 2.20. The maximum atomic E-state index is 13.3. The van der Waals surface area contributed by atoms with Gasteiger partial charge >= 0.3 is 11.9 Å². The molecule has 150 valence electrons. The number of rotatable bonds is 6. The molecule has 0 radical (unpaired) electrons. The van der Waals surface area contributed by atoms with Gasteiger partial charge in [0.15, 0.2) is 6.61 Å². The van der Waals surface area contributed by atoms with Crippen LogP contribution < -0.4 is 5.32 Å². The third-order valence-electron chi connectivity index (χ3n) is 3.81. The molecule has 0 aliphatic rings. The summed E-state index contributed by atoms with van der Waals surface area (Å²) in [6.07, 6.45) is 0. The number of para-hydroxylation sites is 1. The Morgan fingerprint density at radius 3 is 2.62 bits per heavy atom. The normalized spacial score (nSPS) is 10.6. The molecule has 1 N–H and O–H groups in total. The SMILES string of the molecule is CCOC(=O)c1ccccc1NC(=O)COC(=O)c1sc2cc(F)ccc2c1Cl. The third-order valence-corrected chi connectivity index (χ3v) is 5.44. The van der Waals surface area contributed by atoms with E-state index in [0.717, 1.165) is 11.3 Å². The summed E-state index contributed by atoms with van der Waals surface area (Å²) in [7, 11) is 0. The standard InChI is InChI=1S/C20H15ClFNO5S/c1-2-27-19(25)12-5-3-4-6-14(12)23-16(24)10-28-20(26)18-17(21)13-8-7-11(22)9-15(13)29-18/h3-9H,2,10H2,1H3,(H,23,24). The molecule has 0 atom stereocenters. The Morgan fingerprint density at radius 1 is 1.10 bits per heavy atom. The second-order valence-corrected chi connectivity index (χ2v) is 7.21. The molecule has 0 spiro atoms. The van der Waals surface area contributed by atoms with Gasteiger partial charge in [0.05, 0.1) is 22.9 Å². The summed E-state index contributed by atoms with van der Waals surface area (Å²) in [6, 6.07) is 10.3. The van der Waals surface area contributed by atoms with Gasteiger partial charge < -0.3 is 14.8 Å². The quantitative estimate of drug-likeness (QED) is 0.569. The van der Waals surface area contributed by atoms with Crippen molar-refractivity contribution in [1.82, 2.24) is 0 Å². The molecule has 29 heavy (non-hydrogen) atoms. The van der Waals surface area contributed by atoms with Crippen LogP contribution in [0, 0.1) is 5.82 Å².